The standard InChI is InChI=1S/C23H27N3O3S.C22H25N3O3S/c1-5-29-19-11-12-20-21(14-24)23(26(15-16(3)4)22(20)13-19)17-7-9-18(10-8-17)25-30(27,28)6-2;1-5-28-18-10-11-19-20(13-23)22(25(14-15(2)3)21(19)12-18)16-6-8-17(9-7-16)24-29(4,26)27/h7-13,16,25H,5-6,15H2,1-4H3;6-12,15,24H,5,14H2,1-4H3. The van der Waals surface area contributed by atoms with Gasteiger partial charge in [-0.2, -0.15) is 10.5 Å². The molecule has 14 heteroatoms. The average molecular weight is 837 g/mol. The van der Waals surface area contributed by atoms with Crippen LogP contribution in [0.4, 0.5) is 11.4 Å². The second-order valence-corrected chi connectivity index (χ2v) is 18.7. The second-order valence-electron chi connectivity index (χ2n) is 14.9. The summed E-state index contributed by atoms with van der Waals surface area (Å²) in [5, 5.41) is 21.6. The summed E-state index contributed by atoms with van der Waals surface area (Å²) in [6.45, 7) is 16.6. The summed E-state index contributed by atoms with van der Waals surface area (Å²) in [7, 11) is -6.68. The molecule has 0 spiro atoms. The van der Waals surface area contributed by atoms with E-state index in [2.05, 4.69) is 58.4 Å². The smallest absolute Gasteiger partial charge is 0.232 e. The molecule has 0 aliphatic rings. The third kappa shape index (κ3) is 10.6. The molecule has 2 N–H and O–H groups in total. The minimum absolute atomic E-state index is 0.0120. The van der Waals surface area contributed by atoms with Gasteiger partial charge in [-0.15, -0.1) is 0 Å². The number of nitrogens with zero attached hydrogens (tertiary/aromatic N) is 4. The molecule has 0 saturated heterocycles. The zero-order valence-corrected chi connectivity index (χ0v) is 36.5. The fourth-order valence-electron chi connectivity index (χ4n) is 6.97. The van der Waals surface area contributed by atoms with Gasteiger partial charge in [0.05, 0.1) is 58.8 Å². The van der Waals surface area contributed by atoms with Crippen LogP contribution in [0.25, 0.3) is 44.3 Å². The Morgan fingerprint density at radius 3 is 1.32 bits per heavy atom. The molecular formula is C45H52N6O6S2. The Morgan fingerprint density at radius 1 is 0.610 bits per heavy atom. The van der Waals surface area contributed by atoms with Gasteiger partial charge in [0.25, 0.3) is 0 Å². The minimum Gasteiger partial charge on any atom is -0.494 e. The molecule has 4 aromatic carbocycles. The first-order valence-electron chi connectivity index (χ1n) is 19.6. The summed E-state index contributed by atoms with van der Waals surface area (Å²) < 4.78 is 67.3. The minimum atomic E-state index is -3.34. The maximum atomic E-state index is 11.8. The normalized spacial score (nSPS) is 11.6. The highest BCUT2D eigenvalue weighted by atomic mass is 32.2. The Kier molecular flexibility index (Phi) is 14.0. The molecule has 59 heavy (non-hydrogen) atoms. The lowest BCUT2D eigenvalue weighted by Crippen LogP contribution is -2.14. The van der Waals surface area contributed by atoms with Gasteiger partial charge >= 0.3 is 0 Å². The number of aromatic nitrogens is 2. The first-order chi connectivity index (χ1) is 28.0. The van der Waals surface area contributed by atoms with Crippen molar-refractivity contribution in [2.24, 2.45) is 11.8 Å². The van der Waals surface area contributed by atoms with Crippen LogP contribution in [-0.4, -0.2) is 51.2 Å². The molecule has 0 amide bonds. The molecule has 310 valence electrons. The van der Waals surface area contributed by atoms with E-state index in [-0.39, 0.29) is 5.75 Å². The second kappa shape index (κ2) is 18.7. The Hall–Kier alpha value is -5.96. The Bertz CT molecular complexity index is 2740. The molecule has 2 aromatic heterocycles. The first kappa shape index (κ1) is 44.1. The van der Waals surface area contributed by atoms with Crippen LogP contribution < -0.4 is 18.9 Å². The molecule has 2 heterocycles. The number of benzene rings is 4. The van der Waals surface area contributed by atoms with Crippen molar-refractivity contribution in [2.75, 3.05) is 34.7 Å². The molecule has 6 aromatic rings. The van der Waals surface area contributed by atoms with Crippen LogP contribution in [0.15, 0.2) is 84.9 Å². The fourth-order valence-corrected chi connectivity index (χ4v) is 8.17. The van der Waals surface area contributed by atoms with E-state index in [0.717, 1.165) is 75.2 Å². The van der Waals surface area contributed by atoms with Gasteiger partial charge in [0.2, 0.25) is 20.0 Å². The highest BCUT2D eigenvalue weighted by Crippen LogP contribution is 2.38. The number of hydrogen-bond donors (Lipinski definition) is 2. The highest BCUT2D eigenvalue weighted by molar-refractivity contribution is 7.92. The van der Waals surface area contributed by atoms with Crippen molar-refractivity contribution in [2.45, 2.75) is 61.6 Å². The monoisotopic (exact) mass is 836 g/mol. The van der Waals surface area contributed by atoms with E-state index in [1.807, 2.05) is 74.5 Å². The molecule has 0 unspecified atom stereocenters. The summed E-state index contributed by atoms with van der Waals surface area (Å²) in [5.74, 6) is 2.30. The van der Waals surface area contributed by atoms with Crippen molar-refractivity contribution in [1.29, 1.82) is 10.5 Å². The predicted octanol–water partition coefficient (Wildman–Crippen LogP) is 9.60. The van der Waals surface area contributed by atoms with E-state index in [0.29, 0.717) is 47.6 Å². The van der Waals surface area contributed by atoms with Crippen molar-refractivity contribution in [3.63, 3.8) is 0 Å². The van der Waals surface area contributed by atoms with Crippen LogP contribution in [0.5, 0.6) is 11.5 Å². The SMILES string of the molecule is CCOc1ccc2c(C#N)c(-c3ccc(NS(=O)(=O)CC)cc3)n(CC(C)C)c2c1.CCOc1ccc2c(C#N)c(-c3ccc(NS(C)(=O)=O)cc3)n(CC(C)C)c2c1. The van der Waals surface area contributed by atoms with Crippen molar-refractivity contribution in [1.82, 2.24) is 9.13 Å². The number of nitriles is 2. The van der Waals surface area contributed by atoms with E-state index >= 15 is 0 Å². The molecule has 12 nitrogen and oxygen atoms in total. The number of rotatable bonds is 15. The highest BCUT2D eigenvalue weighted by Gasteiger charge is 2.22. The number of anilines is 2. The van der Waals surface area contributed by atoms with Crippen LogP contribution in [0, 0.1) is 34.5 Å². The quantitative estimate of drug-likeness (QED) is 0.103. The van der Waals surface area contributed by atoms with E-state index in [1.165, 1.54) is 0 Å². The maximum absolute atomic E-state index is 11.8. The molecule has 0 bridgehead atoms. The number of sulfonamides is 2. The van der Waals surface area contributed by atoms with Gasteiger partial charge in [0, 0.05) is 47.4 Å². The van der Waals surface area contributed by atoms with Crippen molar-refractivity contribution in [3.05, 3.63) is 96.1 Å². The van der Waals surface area contributed by atoms with Gasteiger partial charge in [-0.05, 0) is 92.3 Å². The van der Waals surface area contributed by atoms with Gasteiger partial charge < -0.3 is 18.6 Å². The van der Waals surface area contributed by atoms with Gasteiger partial charge in [-0.1, -0.05) is 52.0 Å². The van der Waals surface area contributed by atoms with Crippen LogP contribution >= 0.6 is 0 Å². The molecular weight excluding hydrogens is 785 g/mol. The van der Waals surface area contributed by atoms with Crippen LogP contribution in [0.2, 0.25) is 0 Å². The van der Waals surface area contributed by atoms with Gasteiger partial charge in [-0.3, -0.25) is 9.44 Å². The topological polar surface area (TPSA) is 168 Å². The number of fused-ring (bicyclic) bond motifs is 2. The number of ether oxygens (including phenoxy) is 2. The van der Waals surface area contributed by atoms with E-state index in [4.69, 9.17) is 9.47 Å². The zero-order chi connectivity index (χ0) is 43.1. The van der Waals surface area contributed by atoms with E-state index < -0.39 is 20.0 Å². The molecule has 6 rings (SSSR count). The van der Waals surface area contributed by atoms with Gasteiger partial charge in [0.15, 0.2) is 0 Å². The van der Waals surface area contributed by atoms with Crippen LogP contribution in [0.1, 0.15) is 59.6 Å². The Labute approximate surface area is 348 Å². The summed E-state index contributed by atoms with van der Waals surface area (Å²) in [6.07, 6.45) is 1.12. The molecule has 0 aliphatic heterocycles. The molecule has 0 radical (unpaired) electrons. The zero-order valence-electron chi connectivity index (χ0n) is 34.8. The fraction of sp³-hybridized carbons (Fsp3) is 0.333. The first-order valence-corrected chi connectivity index (χ1v) is 23.1. The largest absolute Gasteiger partial charge is 0.494 e. The summed E-state index contributed by atoms with van der Waals surface area (Å²) in [6, 6.07) is 30.6. The Morgan fingerprint density at radius 2 is 1.00 bits per heavy atom. The number of nitrogens with one attached hydrogen (secondary N) is 2. The lowest BCUT2D eigenvalue weighted by Gasteiger charge is -2.15. The molecule has 0 fully saturated rings. The van der Waals surface area contributed by atoms with Crippen LogP contribution in [-0.2, 0) is 33.1 Å². The van der Waals surface area contributed by atoms with Crippen LogP contribution in [0.3, 0.4) is 0 Å². The van der Waals surface area contributed by atoms with E-state index in [1.54, 1.807) is 31.2 Å². The maximum Gasteiger partial charge on any atom is 0.232 e. The number of hydrogen-bond acceptors (Lipinski definition) is 8. The van der Waals surface area contributed by atoms with Gasteiger partial charge in [0.1, 0.15) is 23.6 Å². The summed E-state index contributed by atoms with van der Waals surface area (Å²) in [5.41, 5.74) is 7.49. The molecule has 0 atom stereocenters. The van der Waals surface area contributed by atoms with Crippen molar-refractivity contribution >= 4 is 53.2 Å². The lowest BCUT2D eigenvalue weighted by molar-refractivity contribution is 0.340. The van der Waals surface area contributed by atoms with Crippen molar-refractivity contribution in [3.8, 4) is 46.2 Å². The molecule has 0 saturated carbocycles. The predicted molar refractivity (Wildman–Crippen MR) is 238 cm³/mol. The van der Waals surface area contributed by atoms with E-state index in [9.17, 15) is 27.4 Å². The summed E-state index contributed by atoms with van der Waals surface area (Å²) >= 11 is 0. The third-order valence-electron chi connectivity index (χ3n) is 9.29. The Balaban J connectivity index is 0.000000224. The lowest BCUT2D eigenvalue weighted by atomic mass is 10.1. The molecule has 0 aliphatic carbocycles. The summed E-state index contributed by atoms with van der Waals surface area (Å²) in [4.78, 5) is 0. The van der Waals surface area contributed by atoms with Crippen molar-refractivity contribution < 1.29 is 26.3 Å². The average Bonchev–Trinajstić information content (AvgIpc) is 3.65. The third-order valence-corrected chi connectivity index (χ3v) is 11.2. The van der Waals surface area contributed by atoms with Gasteiger partial charge in [-0.25, -0.2) is 16.8 Å².